The van der Waals surface area contributed by atoms with Gasteiger partial charge in [-0.1, -0.05) is 25.4 Å². The zero-order chi connectivity index (χ0) is 12.1. The van der Waals surface area contributed by atoms with Crippen LogP contribution < -0.4 is 5.32 Å². The van der Waals surface area contributed by atoms with Crippen LogP contribution in [-0.2, 0) is 11.3 Å². The Morgan fingerprint density at radius 2 is 2.31 bits per heavy atom. The molecule has 1 heterocycles. The molecular weight excluding hydrogens is 226 g/mol. The largest absolute Gasteiger partial charge is 0.356 e. The summed E-state index contributed by atoms with van der Waals surface area (Å²) in [4.78, 5) is 11.5. The molecule has 0 aliphatic carbocycles. The zero-order valence-corrected chi connectivity index (χ0v) is 10.7. The Balaban J connectivity index is 2.34. The summed E-state index contributed by atoms with van der Waals surface area (Å²) in [6.07, 6.45) is 2.04. The number of halogens is 1. The highest BCUT2D eigenvalue weighted by molar-refractivity contribution is 6.31. The van der Waals surface area contributed by atoms with E-state index in [0.29, 0.717) is 23.9 Å². The molecule has 0 aliphatic rings. The molecule has 0 aliphatic heterocycles. The van der Waals surface area contributed by atoms with Crippen LogP contribution in [0.5, 0.6) is 0 Å². The molecule has 0 spiro atoms. The summed E-state index contributed by atoms with van der Waals surface area (Å²) < 4.78 is 1.75. The van der Waals surface area contributed by atoms with E-state index in [0.717, 1.165) is 12.2 Å². The van der Waals surface area contributed by atoms with Crippen LogP contribution in [0.4, 0.5) is 0 Å². The summed E-state index contributed by atoms with van der Waals surface area (Å²) in [5, 5.41) is 7.59. The molecule has 0 saturated heterocycles. The number of nitrogens with one attached hydrogen (secondary N) is 1. The van der Waals surface area contributed by atoms with Crippen molar-refractivity contribution in [3.8, 4) is 0 Å². The predicted octanol–water partition coefficient (Wildman–Crippen LogP) is 2.01. The molecule has 0 unspecified atom stereocenters. The fourth-order valence-corrected chi connectivity index (χ4v) is 1.40. The van der Waals surface area contributed by atoms with Crippen LogP contribution in [0.15, 0.2) is 6.20 Å². The average molecular weight is 244 g/mol. The van der Waals surface area contributed by atoms with E-state index in [9.17, 15) is 4.79 Å². The number of hydrogen-bond acceptors (Lipinski definition) is 2. The Kier molecular flexibility index (Phi) is 4.80. The van der Waals surface area contributed by atoms with Crippen LogP contribution in [0.25, 0.3) is 0 Å². The lowest BCUT2D eigenvalue weighted by Crippen LogP contribution is -2.28. The van der Waals surface area contributed by atoms with Crippen LogP contribution >= 0.6 is 11.6 Å². The molecule has 90 valence electrons. The monoisotopic (exact) mass is 243 g/mol. The third kappa shape index (κ3) is 3.85. The Labute approximate surface area is 101 Å². The van der Waals surface area contributed by atoms with Crippen molar-refractivity contribution in [1.82, 2.24) is 15.1 Å². The number of amides is 1. The van der Waals surface area contributed by atoms with Crippen LogP contribution in [0.3, 0.4) is 0 Å². The Hall–Kier alpha value is -1.03. The second kappa shape index (κ2) is 5.89. The fraction of sp³-hybridized carbons (Fsp3) is 0.636. The lowest BCUT2D eigenvalue weighted by Gasteiger charge is -2.08. The molecule has 0 saturated carbocycles. The van der Waals surface area contributed by atoms with E-state index in [-0.39, 0.29) is 5.91 Å². The molecule has 1 N–H and O–H groups in total. The van der Waals surface area contributed by atoms with E-state index in [4.69, 9.17) is 11.6 Å². The number of nitrogens with zero attached hydrogens (tertiary/aromatic N) is 2. The van der Waals surface area contributed by atoms with Crippen LogP contribution in [0.1, 0.15) is 26.0 Å². The summed E-state index contributed by atoms with van der Waals surface area (Å²) in [6.45, 7) is 7.32. The van der Waals surface area contributed by atoms with Crippen molar-refractivity contribution in [3.63, 3.8) is 0 Å². The summed E-state index contributed by atoms with van der Waals surface area (Å²) >= 11 is 5.86. The predicted molar refractivity (Wildman–Crippen MR) is 64.4 cm³/mol. The highest BCUT2D eigenvalue weighted by Gasteiger charge is 2.06. The molecular formula is C11H18ClN3O. The zero-order valence-electron chi connectivity index (χ0n) is 9.96. The van der Waals surface area contributed by atoms with Crippen LogP contribution in [0.2, 0.25) is 5.02 Å². The van der Waals surface area contributed by atoms with Gasteiger partial charge < -0.3 is 5.32 Å². The highest BCUT2D eigenvalue weighted by atomic mass is 35.5. The molecule has 1 rings (SSSR count). The van der Waals surface area contributed by atoms with Crippen LogP contribution in [-0.4, -0.2) is 22.2 Å². The summed E-state index contributed by atoms with van der Waals surface area (Å²) in [5.41, 5.74) is 0.901. The second-order valence-electron chi connectivity index (χ2n) is 4.25. The standard InChI is InChI=1S/C11H18ClN3O/c1-8(2)6-13-11(16)4-5-15-9(3)10(12)7-14-15/h7-8H,4-6H2,1-3H3,(H,13,16). The van der Waals surface area contributed by atoms with Gasteiger partial charge in [0.2, 0.25) is 5.91 Å². The van der Waals surface area contributed by atoms with E-state index in [2.05, 4.69) is 24.3 Å². The van der Waals surface area contributed by atoms with Gasteiger partial charge in [-0.15, -0.1) is 0 Å². The van der Waals surface area contributed by atoms with E-state index >= 15 is 0 Å². The van der Waals surface area contributed by atoms with Gasteiger partial charge in [0.05, 0.1) is 23.5 Å². The molecule has 5 heteroatoms. The smallest absolute Gasteiger partial charge is 0.221 e. The lowest BCUT2D eigenvalue weighted by atomic mass is 10.2. The van der Waals surface area contributed by atoms with Gasteiger partial charge in [0, 0.05) is 13.0 Å². The summed E-state index contributed by atoms with van der Waals surface area (Å²) in [7, 11) is 0. The summed E-state index contributed by atoms with van der Waals surface area (Å²) in [6, 6.07) is 0. The van der Waals surface area contributed by atoms with Crippen molar-refractivity contribution in [2.24, 2.45) is 5.92 Å². The molecule has 1 aromatic heterocycles. The first kappa shape index (κ1) is 13.0. The number of carbonyl (C=O) groups is 1. The molecule has 1 aromatic rings. The normalized spacial score (nSPS) is 10.8. The van der Waals surface area contributed by atoms with Gasteiger partial charge in [-0.2, -0.15) is 5.10 Å². The third-order valence-electron chi connectivity index (χ3n) is 2.30. The van der Waals surface area contributed by atoms with Gasteiger partial charge in [0.15, 0.2) is 0 Å². The van der Waals surface area contributed by atoms with E-state index < -0.39 is 0 Å². The van der Waals surface area contributed by atoms with Crippen molar-refractivity contribution in [1.29, 1.82) is 0 Å². The Morgan fingerprint density at radius 1 is 1.62 bits per heavy atom. The number of aromatic nitrogens is 2. The maximum Gasteiger partial charge on any atom is 0.221 e. The van der Waals surface area contributed by atoms with E-state index in [1.807, 2.05) is 6.92 Å². The van der Waals surface area contributed by atoms with Gasteiger partial charge in [-0.3, -0.25) is 9.48 Å². The van der Waals surface area contributed by atoms with Gasteiger partial charge in [-0.05, 0) is 12.8 Å². The SMILES string of the molecule is Cc1c(Cl)cnn1CCC(=O)NCC(C)C. The minimum Gasteiger partial charge on any atom is -0.356 e. The minimum absolute atomic E-state index is 0.0553. The number of hydrogen-bond donors (Lipinski definition) is 1. The first-order valence-electron chi connectivity index (χ1n) is 5.45. The maximum atomic E-state index is 11.5. The molecule has 16 heavy (non-hydrogen) atoms. The topological polar surface area (TPSA) is 46.9 Å². The lowest BCUT2D eigenvalue weighted by molar-refractivity contribution is -0.121. The molecule has 4 nitrogen and oxygen atoms in total. The van der Waals surface area contributed by atoms with E-state index in [1.165, 1.54) is 0 Å². The van der Waals surface area contributed by atoms with Gasteiger partial charge in [0.1, 0.15) is 0 Å². The average Bonchev–Trinajstić information content (AvgIpc) is 2.54. The first-order chi connectivity index (χ1) is 7.50. The molecule has 0 bridgehead atoms. The second-order valence-corrected chi connectivity index (χ2v) is 4.66. The Bertz CT molecular complexity index is 360. The molecule has 0 radical (unpaired) electrons. The van der Waals surface area contributed by atoms with Crippen molar-refractivity contribution < 1.29 is 4.79 Å². The van der Waals surface area contributed by atoms with Crippen LogP contribution in [0, 0.1) is 12.8 Å². The van der Waals surface area contributed by atoms with Crippen molar-refractivity contribution >= 4 is 17.5 Å². The van der Waals surface area contributed by atoms with E-state index in [1.54, 1.807) is 10.9 Å². The highest BCUT2D eigenvalue weighted by Crippen LogP contribution is 2.13. The number of rotatable bonds is 5. The first-order valence-corrected chi connectivity index (χ1v) is 5.83. The number of carbonyl (C=O) groups excluding carboxylic acids is 1. The quantitative estimate of drug-likeness (QED) is 0.860. The minimum atomic E-state index is 0.0553. The fourth-order valence-electron chi connectivity index (χ4n) is 1.26. The van der Waals surface area contributed by atoms with Crippen molar-refractivity contribution in [2.75, 3.05) is 6.54 Å². The molecule has 1 amide bonds. The Morgan fingerprint density at radius 3 is 2.81 bits per heavy atom. The van der Waals surface area contributed by atoms with Crippen molar-refractivity contribution in [2.45, 2.75) is 33.7 Å². The van der Waals surface area contributed by atoms with Gasteiger partial charge >= 0.3 is 0 Å². The van der Waals surface area contributed by atoms with Crippen molar-refractivity contribution in [3.05, 3.63) is 16.9 Å². The maximum absolute atomic E-state index is 11.5. The van der Waals surface area contributed by atoms with Gasteiger partial charge in [0.25, 0.3) is 0 Å². The molecule has 0 fully saturated rings. The van der Waals surface area contributed by atoms with Gasteiger partial charge in [-0.25, -0.2) is 0 Å². The number of aryl methyl sites for hydroxylation is 1. The molecule has 0 atom stereocenters. The summed E-state index contributed by atoms with van der Waals surface area (Å²) in [5.74, 6) is 0.532. The molecule has 0 aromatic carbocycles. The third-order valence-corrected chi connectivity index (χ3v) is 2.67.